The number of carbonyl (C=O) groups is 3. The van der Waals surface area contributed by atoms with Crippen molar-refractivity contribution in [1.82, 2.24) is 0 Å². The van der Waals surface area contributed by atoms with Crippen LogP contribution in [0.2, 0.25) is 0 Å². The Morgan fingerprint density at radius 2 is 0.984 bits per heavy atom. The number of carbonyl (C=O) groups excluding carboxylic acids is 3. The molecule has 0 saturated heterocycles. The summed E-state index contributed by atoms with van der Waals surface area (Å²) in [6.45, 7) is 2.97. The summed E-state index contributed by atoms with van der Waals surface area (Å²) in [5.41, 5.74) is 0. The number of aliphatic hydroxyl groups is 5. The summed E-state index contributed by atoms with van der Waals surface area (Å²) in [6.07, 6.45) is 33.2. The van der Waals surface area contributed by atoms with Crippen LogP contribution in [0, 0.1) is 0 Å². The van der Waals surface area contributed by atoms with Crippen molar-refractivity contribution in [2.45, 2.75) is 179 Å². The van der Waals surface area contributed by atoms with E-state index < -0.39 is 75.7 Å². The summed E-state index contributed by atoms with van der Waals surface area (Å²) in [5.74, 6) is -1.62. The molecule has 0 radical (unpaired) electrons. The van der Waals surface area contributed by atoms with Gasteiger partial charge in [-0.1, -0.05) is 131 Å². The molecule has 1 saturated carbocycles. The third-order valence-electron chi connectivity index (χ3n) is 9.87. The fraction of sp³-hybridized carbons (Fsp3) is 0.612. The summed E-state index contributed by atoms with van der Waals surface area (Å²) in [4.78, 5) is 47.9. The second kappa shape index (κ2) is 37.6. The Kier molecular flexibility index (Phi) is 34.4. The van der Waals surface area contributed by atoms with Crippen molar-refractivity contribution in [3.63, 3.8) is 0 Å². The number of allylic oxidation sites excluding steroid dienone is 16. The number of esters is 2. The van der Waals surface area contributed by atoms with E-state index in [0.29, 0.717) is 12.8 Å². The second-order valence-electron chi connectivity index (χ2n) is 15.6. The lowest BCUT2D eigenvalue weighted by molar-refractivity contribution is -0.220. The van der Waals surface area contributed by atoms with Gasteiger partial charge in [0, 0.05) is 19.3 Å². The molecule has 6 N–H and O–H groups in total. The van der Waals surface area contributed by atoms with Gasteiger partial charge in [0.1, 0.15) is 43.2 Å². The van der Waals surface area contributed by atoms with Gasteiger partial charge in [0.2, 0.25) is 0 Å². The summed E-state index contributed by atoms with van der Waals surface area (Å²) in [7, 11) is -5.20. The Hall–Kier alpha value is -3.56. The number of ether oxygens (including phenoxy) is 2. The average Bonchev–Trinajstić information content (AvgIpc) is 3.27. The summed E-state index contributed by atoms with van der Waals surface area (Å²) in [6, 6.07) is 0. The number of hydrogen-bond acceptors (Lipinski definition) is 13. The fourth-order valence-electron chi connectivity index (χ4n) is 6.11. The molecule has 0 amide bonds. The van der Waals surface area contributed by atoms with Crippen LogP contribution in [0.15, 0.2) is 97.2 Å². The molecule has 362 valence electrons. The maximum absolute atomic E-state index is 12.8. The highest BCUT2D eigenvalue weighted by molar-refractivity contribution is 7.47. The van der Waals surface area contributed by atoms with Crippen molar-refractivity contribution < 1.29 is 67.9 Å². The second-order valence-corrected chi connectivity index (χ2v) is 17.0. The standard InChI is InChI=1S/C49H77O14P/c1-3-5-7-9-11-13-15-17-18-19-20-22-24-26-28-30-32-36-43(52)62-41(39-61-64(58,59)63-49-47(56)45(54)44(53)46(55)48(49)57)38-60-42(51)37-33-35-40(50)34-31-29-27-25-23-21-16-14-12-10-8-6-4-2/h11-14,17-18,20-23,26-29,31,34,41,44-49,53-57H,3-10,15-16,19,24-25,30,32-33,35-39H2,1-2H3,(H,58,59)/b13-11-,14-12-,18-17-,22-20-,23-21-,28-26-,29-27-,34-31+/t41-,44?,45-,46+,47-,48-,49?/m1/s1. The Morgan fingerprint density at radius 1 is 0.531 bits per heavy atom. The zero-order valence-electron chi connectivity index (χ0n) is 38.0. The van der Waals surface area contributed by atoms with E-state index in [-0.39, 0.29) is 31.5 Å². The number of hydrogen-bond donors (Lipinski definition) is 6. The van der Waals surface area contributed by atoms with Gasteiger partial charge in [0.15, 0.2) is 11.9 Å². The number of phosphoric acid groups is 1. The van der Waals surface area contributed by atoms with Crippen LogP contribution in [-0.2, 0) is 37.5 Å². The molecule has 0 heterocycles. The van der Waals surface area contributed by atoms with E-state index >= 15 is 0 Å². The molecule has 15 heteroatoms. The number of aliphatic hydroxyl groups excluding tert-OH is 5. The van der Waals surface area contributed by atoms with Crippen LogP contribution in [-0.4, -0.2) is 104 Å². The highest BCUT2D eigenvalue weighted by Gasteiger charge is 2.51. The monoisotopic (exact) mass is 921 g/mol. The number of phosphoric ester groups is 1. The van der Waals surface area contributed by atoms with Crippen LogP contribution in [0.3, 0.4) is 0 Å². The van der Waals surface area contributed by atoms with Crippen molar-refractivity contribution in [2.75, 3.05) is 13.2 Å². The maximum Gasteiger partial charge on any atom is 0.472 e. The minimum absolute atomic E-state index is 0.0350. The lowest BCUT2D eigenvalue weighted by Crippen LogP contribution is -2.64. The maximum atomic E-state index is 12.8. The van der Waals surface area contributed by atoms with E-state index in [2.05, 4.69) is 74.6 Å². The quantitative estimate of drug-likeness (QED) is 0.00870. The first-order valence-electron chi connectivity index (χ1n) is 23.0. The molecular weight excluding hydrogens is 843 g/mol. The van der Waals surface area contributed by atoms with Crippen LogP contribution in [0.25, 0.3) is 0 Å². The Morgan fingerprint density at radius 3 is 1.50 bits per heavy atom. The first kappa shape index (κ1) is 58.5. The van der Waals surface area contributed by atoms with E-state index in [9.17, 15) is 49.4 Å². The highest BCUT2D eigenvalue weighted by atomic mass is 31.2. The highest BCUT2D eigenvalue weighted by Crippen LogP contribution is 2.47. The van der Waals surface area contributed by atoms with Gasteiger partial charge in [-0.05, 0) is 83.1 Å². The van der Waals surface area contributed by atoms with Crippen LogP contribution in [0.5, 0.6) is 0 Å². The number of rotatable bonds is 36. The van der Waals surface area contributed by atoms with Gasteiger partial charge in [0.25, 0.3) is 0 Å². The fourth-order valence-corrected chi connectivity index (χ4v) is 7.09. The minimum Gasteiger partial charge on any atom is -0.462 e. The topological polar surface area (TPSA) is 227 Å². The van der Waals surface area contributed by atoms with Crippen LogP contribution in [0.4, 0.5) is 0 Å². The van der Waals surface area contributed by atoms with Crippen molar-refractivity contribution in [3.8, 4) is 0 Å². The molecule has 0 aromatic heterocycles. The molecule has 1 fully saturated rings. The number of unbranched alkanes of at least 4 members (excludes halogenated alkanes) is 7. The van der Waals surface area contributed by atoms with Gasteiger partial charge in [-0.15, -0.1) is 0 Å². The molecule has 3 unspecified atom stereocenters. The molecule has 1 rings (SSSR count). The lowest BCUT2D eigenvalue weighted by atomic mass is 9.85. The average molecular weight is 921 g/mol. The smallest absolute Gasteiger partial charge is 0.462 e. The van der Waals surface area contributed by atoms with Gasteiger partial charge in [-0.3, -0.25) is 23.4 Å². The zero-order valence-corrected chi connectivity index (χ0v) is 38.9. The minimum atomic E-state index is -5.20. The van der Waals surface area contributed by atoms with E-state index in [1.54, 1.807) is 12.2 Å². The molecule has 64 heavy (non-hydrogen) atoms. The number of ketones is 1. The molecule has 8 atom stereocenters. The molecular formula is C49H77O14P. The summed E-state index contributed by atoms with van der Waals surface area (Å²) in [5, 5.41) is 50.1. The Labute approximate surface area is 381 Å². The van der Waals surface area contributed by atoms with E-state index in [0.717, 1.165) is 44.9 Å². The van der Waals surface area contributed by atoms with Crippen molar-refractivity contribution >= 4 is 25.5 Å². The zero-order chi connectivity index (χ0) is 47.3. The summed E-state index contributed by atoms with van der Waals surface area (Å²) < 4.78 is 33.2. The van der Waals surface area contributed by atoms with E-state index in [4.69, 9.17) is 18.5 Å². The predicted molar refractivity (Wildman–Crippen MR) is 249 cm³/mol. The van der Waals surface area contributed by atoms with Crippen molar-refractivity contribution in [3.05, 3.63) is 97.2 Å². The molecule has 1 aliphatic carbocycles. The van der Waals surface area contributed by atoms with Crippen LogP contribution < -0.4 is 0 Å². The van der Waals surface area contributed by atoms with Gasteiger partial charge in [-0.25, -0.2) is 4.57 Å². The molecule has 0 bridgehead atoms. The Balaban J connectivity index is 2.61. The first-order chi connectivity index (χ1) is 30.8. The van der Waals surface area contributed by atoms with Crippen LogP contribution >= 0.6 is 7.82 Å². The first-order valence-corrected chi connectivity index (χ1v) is 24.5. The van der Waals surface area contributed by atoms with Crippen LogP contribution in [0.1, 0.15) is 136 Å². The largest absolute Gasteiger partial charge is 0.472 e. The lowest BCUT2D eigenvalue weighted by Gasteiger charge is -2.41. The molecule has 0 aliphatic heterocycles. The third kappa shape index (κ3) is 29.8. The molecule has 0 aromatic rings. The third-order valence-corrected chi connectivity index (χ3v) is 10.9. The van der Waals surface area contributed by atoms with Crippen molar-refractivity contribution in [2.24, 2.45) is 0 Å². The molecule has 0 aromatic carbocycles. The Bertz CT molecular complexity index is 1550. The van der Waals surface area contributed by atoms with E-state index in [1.807, 2.05) is 18.2 Å². The van der Waals surface area contributed by atoms with Gasteiger partial charge >= 0.3 is 19.8 Å². The molecule has 0 spiro atoms. The molecule has 14 nitrogen and oxygen atoms in total. The summed E-state index contributed by atoms with van der Waals surface area (Å²) >= 11 is 0. The van der Waals surface area contributed by atoms with E-state index in [1.165, 1.54) is 44.6 Å². The van der Waals surface area contributed by atoms with Gasteiger partial charge < -0.3 is 39.9 Å². The van der Waals surface area contributed by atoms with Gasteiger partial charge in [0.05, 0.1) is 6.61 Å². The SMILES string of the molecule is CCCCC/C=C\C/C=C\C/C=C\C=C\C(=O)CCCC(=O)OC[C@H](COP(=O)(O)OC1[C@H](O)[C@H](O)C(O)[C@H](O)[C@H]1O)OC(=O)CCC/C=C\C/C=C\C/C=C\C/C=C\CCCCC. The molecule has 1 aliphatic rings. The van der Waals surface area contributed by atoms with Gasteiger partial charge in [-0.2, -0.15) is 0 Å². The van der Waals surface area contributed by atoms with Crippen molar-refractivity contribution in [1.29, 1.82) is 0 Å². The predicted octanol–water partition coefficient (Wildman–Crippen LogP) is 8.23. The normalized spacial score (nSPS) is 22.4.